The van der Waals surface area contributed by atoms with Crippen LogP contribution in [0.1, 0.15) is 63.9 Å². The lowest BCUT2D eigenvalue weighted by Crippen LogP contribution is -2.59. The summed E-state index contributed by atoms with van der Waals surface area (Å²) in [5.74, 6) is 3.01. The van der Waals surface area contributed by atoms with Crippen LogP contribution in [0, 0.1) is 11.3 Å². The molecule has 0 amide bonds. The molecular weight excluding hydrogens is 743 g/mol. The first-order valence-electron chi connectivity index (χ1n) is 21.3. The van der Waals surface area contributed by atoms with Crippen LogP contribution in [0.2, 0.25) is 0 Å². The second kappa shape index (κ2) is 16.7. The number of rotatable bonds is 12. The number of hydrogen-bond donors (Lipinski definition) is 4. The molecule has 2 aliphatic heterocycles. The minimum atomic E-state index is -0.519. The molecule has 3 aromatic carbocycles. The highest BCUT2D eigenvalue weighted by Gasteiger charge is 2.48. The highest BCUT2D eigenvalue weighted by atomic mass is 32.2. The molecule has 9 rings (SSSR count). The van der Waals surface area contributed by atoms with Crippen molar-refractivity contribution in [1.29, 1.82) is 0 Å². The summed E-state index contributed by atoms with van der Waals surface area (Å²) >= 11 is 1.67. The zero-order valence-electron chi connectivity index (χ0n) is 34.1. The first-order chi connectivity index (χ1) is 28.2. The lowest BCUT2D eigenvalue weighted by molar-refractivity contribution is -0.0355. The van der Waals surface area contributed by atoms with Crippen molar-refractivity contribution in [3.05, 3.63) is 90.8 Å². The van der Waals surface area contributed by atoms with Gasteiger partial charge in [0.1, 0.15) is 22.9 Å². The Kier molecular flexibility index (Phi) is 11.2. The summed E-state index contributed by atoms with van der Waals surface area (Å²) in [6.45, 7) is 10.6. The SMILES string of the molecule is COc1ccc(CN2CCN(C3CC4(CCN(c5ccc(Sc6ccc(NCC7CCC(C)(O)CC7)c(N)c6)c(Oc6cnc7[nH]ccc7c6)c5)CC4)C3)CC2)cc1. The molecule has 4 heterocycles. The minimum Gasteiger partial charge on any atom is -0.497 e. The van der Waals surface area contributed by atoms with Crippen molar-refractivity contribution in [2.45, 2.75) is 86.3 Å². The molecule has 0 atom stereocenters. The van der Waals surface area contributed by atoms with Gasteiger partial charge in [0, 0.05) is 86.6 Å². The second-order valence-electron chi connectivity index (χ2n) is 17.7. The third-order valence-electron chi connectivity index (χ3n) is 13.6. The van der Waals surface area contributed by atoms with Gasteiger partial charge in [0.15, 0.2) is 0 Å². The molecule has 5 aromatic rings. The van der Waals surface area contributed by atoms with Crippen LogP contribution in [-0.4, -0.2) is 89.4 Å². The van der Waals surface area contributed by atoms with E-state index in [2.05, 4.69) is 90.6 Å². The molecule has 2 aliphatic carbocycles. The number of ether oxygens (including phenoxy) is 2. The number of methoxy groups -OCH3 is 1. The number of piperazine rings is 1. The van der Waals surface area contributed by atoms with Gasteiger partial charge < -0.3 is 35.5 Å². The molecule has 0 bridgehead atoms. The van der Waals surface area contributed by atoms with Gasteiger partial charge in [-0.25, -0.2) is 4.98 Å². The van der Waals surface area contributed by atoms with Crippen molar-refractivity contribution in [2.75, 3.05) is 68.9 Å². The normalized spacial score (nSPS) is 22.9. The number of nitrogens with one attached hydrogen (secondary N) is 2. The van der Waals surface area contributed by atoms with Gasteiger partial charge in [0.25, 0.3) is 0 Å². The number of aliphatic hydroxyl groups is 1. The number of piperidine rings is 1. The second-order valence-corrected chi connectivity index (χ2v) is 18.8. The van der Waals surface area contributed by atoms with Crippen molar-refractivity contribution in [1.82, 2.24) is 19.8 Å². The van der Waals surface area contributed by atoms with Crippen LogP contribution in [0.4, 0.5) is 17.1 Å². The van der Waals surface area contributed by atoms with Crippen molar-refractivity contribution >= 4 is 39.9 Å². The molecule has 4 fully saturated rings. The summed E-state index contributed by atoms with van der Waals surface area (Å²) in [5, 5.41) is 15.0. The molecule has 2 saturated carbocycles. The predicted molar refractivity (Wildman–Crippen MR) is 235 cm³/mol. The lowest BCUT2D eigenvalue weighted by atomic mass is 9.60. The van der Waals surface area contributed by atoms with Crippen molar-refractivity contribution in [3.8, 4) is 17.2 Å². The summed E-state index contributed by atoms with van der Waals surface area (Å²) in [6, 6.07) is 26.3. The maximum Gasteiger partial charge on any atom is 0.146 e. The maximum atomic E-state index is 10.3. The molecule has 5 N–H and O–H groups in total. The molecule has 2 aromatic heterocycles. The number of anilines is 3. The molecule has 11 heteroatoms. The first kappa shape index (κ1) is 39.1. The van der Waals surface area contributed by atoms with E-state index in [-0.39, 0.29) is 0 Å². The van der Waals surface area contributed by atoms with Crippen LogP contribution in [-0.2, 0) is 6.54 Å². The number of nitrogens with zero attached hydrogens (tertiary/aromatic N) is 4. The Hall–Kier alpha value is -4.42. The Morgan fingerprint density at radius 1 is 0.897 bits per heavy atom. The van der Waals surface area contributed by atoms with Crippen molar-refractivity contribution in [2.24, 2.45) is 11.3 Å². The van der Waals surface area contributed by atoms with E-state index >= 15 is 0 Å². The van der Waals surface area contributed by atoms with Gasteiger partial charge in [-0.3, -0.25) is 9.80 Å². The molecule has 58 heavy (non-hydrogen) atoms. The van der Waals surface area contributed by atoms with Crippen LogP contribution >= 0.6 is 11.8 Å². The molecule has 2 saturated heterocycles. The Bertz CT molecular complexity index is 2160. The van der Waals surface area contributed by atoms with Gasteiger partial charge >= 0.3 is 0 Å². The topological polar surface area (TPSA) is 115 Å². The lowest BCUT2D eigenvalue weighted by Gasteiger charge is -2.56. The Balaban J connectivity index is 0.819. The molecule has 306 valence electrons. The van der Waals surface area contributed by atoms with Crippen molar-refractivity contribution in [3.63, 3.8) is 0 Å². The van der Waals surface area contributed by atoms with Gasteiger partial charge in [-0.15, -0.1) is 0 Å². The summed E-state index contributed by atoms with van der Waals surface area (Å²) in [5.41, 5.74) is 11.7. The highest BCUT2D eigenvalue weighted by molar-refractivity contribution is 7.99. The third-order valence-corrected chi connectivity index (χ3v) is 14.6. The minimum absolute atomic E-state index is 0.479. The standard InChI is InChI=1S/C47H59N7O3S/c1-46(55)14-11-33(12-15-46)30-50-42-9-8-40(27-41(42)48)58-44-10-5-36(26-43(44)57-39-25-35-13-18-49-45(35)51-31-39)53-19-16-47(17-20-53)28-37(29-47)54-23-21-52(22-24-54)32-34-3-6-38(56-2)7-4-34/h3-10,13,18,25-27,31,33,37,50,55H,11-12,14-17,19-24,28-30,32,48H2,1-2H3,(H,49,51). The Morgan fingerprint density at radius 2 is 1.67 bits per heavy atom. The van der Waals surface area contributed by atoms with Crippen LogP contribution in [0.5, 0.6) is 17.2 Å². The fourth-order valence-corrected chi connectivity index (χ4v) is 10.6. The summed E-state index contributed by atoms with van der Waals surface area (Å²) in [7, 11) is 1.72. The quantitative estimate of drug-likeness (QED) is 0.0912. The zero-order chi connectivity index (χ0) is 39.7. The largest absolute Gasteiger partial charge is 0.497 e. The van der Waals surface area contributed by atoms with Gasteiger partial charge in [-0.05, 0) is 130 Å². The van der Waals surface area contributed by atoms with Crippen LogP contribution in [0.3, 0.4) is 0 Å². The summed E-state index contributed by atoms with van der Waals surface area (Å²) < 4.78 is 12.0. The fraction of sp³-hybridized carbons (Fsp3) is 0.468. The van der Waals surface area contributed by atoms with E-state index in [1.54, 1.807) is 25.1 Å². The van der Waals surface area contributed by atoms with Crippen LogP contribution in [0.25, 0.3) is 11.0 Å². The number of pyridine rings is 1. The van der Waals surface area contributed by atoms with Gasteiger partial charge in [0.2, 0.25) is 0 Å². The van der Waals surface area contributed by atoms with E-state index in [1.807, 2.05) is 25.3 Å². The van der Waals surface area contributed by atoms with Crippen molar-refractivity contribution < 1.29 is 14.6 Å². The maximum absolute atomic E-state index is 10.3. The number of nitrogens with two attached hydrogens (primary N) is 1. The number of hydrogen-bond acceptors (Lipinski definition) is 10. The number of fused-ring (bicyclic) bond motifs is 1. The Morgan fingerprint density at radius 3 is 2.41 bits per heavy atom. The van der Waals surface area contributed by atoms with Gasteiger partial charge in [0.05, 0.1) is 35.2 Å². The molecule has 10 nitrogen and oxygen atoms in total. The molecule has 0 unspecified atom stereocenters. The number of aromatic amines is 1. The zero-order valence-corrected chi connectivity index (χ0v) is 34.9. The number of H-pyrrole nitrogens is 1. The first-order valence-corrected chi connectivity index (χ1v) is 22.1. The Labute approximate surface area is 347 Å². The smallest absolute Gasteiger partial charge is 0.146 e. The average Bonchev–Trinajstić information content (AvgIpc) is 3.70. The number of nitrogen functional groups attached to an aromatic ring is 1. The molecule has 0 radical (unpaired) electrons. The molecular formula is C47H59N7O3S. The molecule has 1 spiro atoms. The fourth-order valence-electron chi connectivity index (χ4n) is 9.73. The number of aromatic nitrogens is 2. The summed E-state index contributed by atoms with van der Waals surface area (Å²) in [4.78, 5) is 17.8. The van der Waals surface area contributed by atoms with E-state index in [4.69, 9.17) is 15.2 Å². The predicted octanol–water partition coefficient (Wildman–Crippen LogP) is 9.02. The van der Waals surface area contributed by atoms with Crippen LogP contribution in [0.15, 0.2) is 95.0 Å². The van der Waals surface area contributed by atoms with E-state index in [9.17, 15) is 5.11 Å². The third kappa shape index (κ3) is 8.93. The van der Waals surface area contributed by atoms with Gasteiger partial charge in [-0.1, -0.05) is 23.9 Å². The van der Waals surface area contributed by atoms with Crippen LogP contribution < -0.4 is 25.4 Å². The summed E-state index contributed by atoms with van der Waals surface area (Å²) in [6.07, 6.45) is 12.6. The molecule has 4 aliphatic rings. The van der Waals surface area contributed by atoms with E-state index in [1.165, 1.54) is 50.0 Å². The van der Waals surface area contributed by atoms with Gasteiger partial charge in [-0.2, -0.15) is 0 Å². The highest BCUT2D eigenvalue weighted by Crippen LogP contribution is 2.52. The number of benzene rings is 3. The van der Waals surface area contributed by atoms with E-state index in [0.29, 0.717) is 17.1 Å². The van der Waals surface area contributed by atoms with E-state index < -0.39 is 5.60 Å². The monoisotopic (exact) mass is 801 g/mol. The average molecular weight is 802 g/mol. The van der Waals surface area contributed by atoms with E-state index in [0.717, 1.165) is 115 Å².